The average Bonchev–Trinajstić information content (AvgIpc) is 3.11. The van der Waals surface area contributed by atoms with Crippen LogP contribution in [0.1, 0.15) is 40.8 Å². The fraction of sp³-hybridized carbons (Fsp3) is 0.250. The third kappa shape index (κ3) is 2.85. The van der Waals surface area contributed by atoms with Crippen LogP contribution in [0.25, 0.3) is 5.69 Å². The number of rotatable bonds is 5. The van der Waals surface area contributed by atoms with Crippen molar-refractivity contribution in [3.8, 4) is 5.69 Å². The summed E-state index contributed by atoms with van der Waals surface area (Å²) in [6, 6.07) is 9.11. The van der Waals surface area contributed by atoms with Crippen LogP contribution in [0, 0.1) is 0 Å². The maximum Gasteiger partial charge on any atom is 0.253 e. The highest BCUT2D eigenvalue weighted by molar-refractivity contribution is 5.97. The zero-order valence-electron chi connectivity index (χ0n) is 12.3. The van der Waals surface area contributed by atoms with E-state index in [1.807, 2.05) is 24.3 Å². The number of aromatic nitrogens is 4. The van der Waals surface area contributed by atoms with Gasteiger partial charge in [-0.05, 0) is 31.0 Å². The first-order valence-electron chi connectivity index (χ1n) is 7.51. The van der Waals surface area contributed by atoms with Gasteiger partial charge in [0.2, 0.25) is 5.89 Å². The Labute approximate surface area is 132 Å². The molecule has 0 aliphatic heterocycles. The second-order valence-electron chi connectivity index (χ2n) is 5.47. The van der Waals surface area contributed by atoms with Crippen LogP contribution in [0.5, 0.6) is 0 Å². The van der Waals surface area contributed by atoms with E-state index in [9.17, 15) is 4.79 Å². The lowest BCUT2D eigenvalue weighted by Gasteiger charge is -2.09. The Morgan fingerprint density at radius 2 is 2.17 bits per heavy atom. The number of benzene rings is 1. The van der Waals surface area contributed by atoms with Crippen molar-refractivity contribution in [3.05, 3.63) is 60.0 Å². The van der Waals surface area contributed by atoms with Crippen molar-refractivity contribution >= 4 is 5.91 Å². The summed E-state index contributed by atoms with van der Waals surface area (Å²) in [5.41, 5.74) is 1.26. The highest BCUT2D eigenvalue weighted by Crippen LogP contribution is 2.38. The molecule has 23 heavy (non-hydrogen) atoms. The Morgan fingerprint density at radius 3 is 2.96 bits per heavy atom. The Bertz CT molecular complexity index is 821. The fourth-order valence-corrected chi connectivity index (χ4v) is 2.38. The topological polar surface area (TPSA) is 85.8 Å². The van der Waals surface area contributed by atoms with Gasteiger partial charge in [-0.25, -0.2) is 4.68 Å². The van der Waals surface area contributed by atoms with Gasteiger partial charge in [0.25, 0.3) is 5.91 Å². The van der Waals surface area contributed by atoms with Gasteiger partial charge in [-0.15, -0.1) is 0 Å². The molecule has 1 aliphatic carbocycles. The molecule has 2 heterocycles. The van der Waals surface area contributed by atoms with Crippen molar-refractivity contribution < 1.29 is 9.32 Å². The van der Waals surface area contributed by atoms with Gasteiger partial charge >= 0.3 is 0 Å². The van der Waals surface area contributed by atoms with Crippen molar-refractivity contribution in [2.75, 3.05) is 0 Å². The van der Waals surface area contributed by atoms with Crippen molar-refractivity contribution in [2.24, 2.45) is 0 Å². The first-order valence-corrected chi connectivity index (χ1v) is 7.51. The zero-order chi connectivity index (χ0) is 15.6. The van der Waals surface area contributed by atoms with E-state index in [4.69, 9.17) is 4.52 Å². The van der Waals surface area contributed by atoms with E-state index in [1.165, 1.54) is 0 Å². The van der Waals surface area contributed by atoms with Gasteiger partial charge in [-0.3, -0.25) is 4.79 Å². The van der Waals surface area contributed by atoms with Gasteiger partial charge in [0.1, 0.15) is 0 Å². The first-order chi connectivity index (χ1) is 11.3. The molecule has 0 spiro atoms. The van der Waals surface area contributed by atoms with Crippen LogP contribution in [0.3, 0.4) is 0 Å². The van der Waals surface area contributed by atoms with E-state index in [0.29, 0.717) is 17.4 Å². The smallest absolute Gasteiger partial charge is 0.253 e. The molecule has 1 amide bonds. The van der Waals surface area contributed by atoms with Crippen molar-refractivity contribution in [3.63, 3.8) is 0 Å². The Morgan fingerprint density at radius 1 is 1.30 bits per heavy atom. The van der Waals surface area contributed by atoms with Crippen molar-refractivity contribution in [1.29, 1.82) is 0 Å². The van der Waals surface area contributed by atoms with Gasteiger partial charge in [0, 0.05) is 18.3 Å². The third-order valence-electron chi connectivity index (χ3n) is 3.73. The molecule has 0 radical (unpaired) electrons. The normalized spacial score (nSPS) is 13.9. The molecule has 4 rings (SSSR count). The fourth-order valence-electron chi connectivity index (χ4n) is 2.38. The second kappa shape index (κ2) is 5.68. The molecule has 7 heteroatoms. The van der Waals surface area contributed by atoms with Crippen molar-refractivity contribution in [2.45, 2.75) is 25.3 Å². The summed E-state index contributed by atoms with van der Waals surface area (Å²) in [4.78, 5) is 16.7. The van der Waals surface area contributed by atoms with E-state index in [2.05, 4.69) is 20.6 Å². The number of amides is 1. The number of carbonyl (C=O) groups excluding carboxylic acids is 1. The molecule has 3 aromatic rings. The van der Waals surface area contributed by atoms with Crippen LogP contribution >= 0.6 is 0 Å². The molecule has 1 saturated carbocycles. The molecular weight excluding hydrogens is 294 g/mol. The summed E-state index contributed by atoms with van der Waals surface area (Å²) in [7, 11) is 0. The summed E-state index contributed by atoms with van der Waals surface area (Å²) < 4.78 is 6.82. The zero-order valence-corrected chi connectivity index (χ0v) is 12.3. The summed E-state index contributed by atoms with van der Waals surface area (Å²) >= 11 is 0. The van der Waals surface area contributed by atoms with Crippen molar-refractivity contribution in [1.82, 2.24) is 25.2 Å². The van der Waals surface area contributed by atoms with Gasteiger partial charge in [-0.2, -0.15) is 10.1 Å². The number of hydrogen-bond acceptors (Lipinski definition) is 5. The SMILES string of the molecule is O=C(NCc1nc(C2CC2)no1)c1ccccc1-n1cccn1. The maximum absolute atomic E-state index is 12.4. The maximum atomic E-state index is 12.4. The highest BCUT2D eigenvalue weighted by Gasteiger charge is 2.28. The average molecular weight is 309 g/mol. The number of nitrogens with zero attached hydrogens (tertiary/aromatic N) is 4. The Balaban J connectivity index is 1.48. The van der Waals surface area contributed by atoms with Gasteiger partial charge in [-0.1, -0.05) is 17.3 Å². The quantitative estimate of drug-likeness (QED) is 0.779. The molecule has 116 valence electrons. The molecule has 0 atom stereocenters. The molecule has 0 bridgehead atoms. The molecule has 0 saturated heterocycles. The van der Waals surface area contributed by atoms with E-state index in [0.717, 1.165) is 24.4 Å². The summed E-state index contributed by atoms with van der Waals surface area (Å²) in [6.07, 6.45) is 5.70. The largest absolute Gasteiger partial charge is 0.343 e. The number of carbonyl (C=O) groups is 1. The first kappa shape index (κ1) is 13.7. The van der Waals surface area contributed by atoms with Crippen LogP contribution in [-0.4, -0.2) is 25.8 Å². The van der Waals surface area contributed by atoms with E-state index < -0.39 is 0 Å². The van der Waals surface area contributed by atoms with Crippen LogP contribution in [0.15, 0.2) is 47.2 Å². The molecule has 7 nitrogen and oxygen atoms in total. The predicted molar refractivity (Wildman–Crippen MR) is 81.0 cm³/mol. The van der Waals surface area contributed by atoms with Gasteiger partial charge in [0.05, 0.1) is 17.8 Å². The highest BCUT2D eigenvalue weighted by atomic mass is 16.5. The van der Waals surface area contributed by atoms with E-state index >= 15 is 0 Å². The Hall–Kier alpha value is -2.96. The second-order valence-corrected chi connectivity index (χ2v) is 5.47. The molecule has 2 aromatic heterocycles. The third-order valence-corrected chi connectivity index (χ3v) is 3.73. The molecule has 1 aromatic carbocycles. The van der Waals surface area contributed by atoms with Gasteiger partial charge in [0.15, 0.2) is 5.82 Å². The minimum atomic E-state index is -0.206. The lowest BCUT2D eigenvalue weighted by molar-refractivity contribution is 0.0946. The van der Waals surface area contributed by atoms with Crippen LogP contribution in [0.2, 0.25) is 0 Å². The molecule has 1 fully saturated rings. The van der Waals surface area contributed by atoms with Crippen LogP contribution < -0.4 is 5.32 Å². The Kier molecular flexibility index (Phi) is 3.38. The molecule has 0 unspecified atom stereocenters. The molecule has 1 aliphatic rings. The van der Waals surface area contributed by atoms with E-state index in [1.54, 1.807) is 23.1 Å². The van der Waals surface area contributed by atoms with Crippen LogP contribution in [0.4, 0.5) is 0 Å². The molecule has 1 N–H and O–H groups in total. The lowest BCUT2D eigenvalue weighted by Crippen LogP contribution is -2.24. The number of hydrogen-bond donors (Lipinski definition) is 1. The minimum Gasteiger partial charge on any atom is -0.343 e. The van der Waals surface area contributed by atoms with Gasteiger partial charge < -0.3 is 9.84 Å². The number of nitrogens with one attached hydrogen (secondary N) is 1. The summed E-state index contributed by atoms with van der Waals surface area (Å²) in [5.74, 6) is 1.40. The van der Waals surface area contributed by atoms with E-state index in [-0.39, 0.29) is 12.5 Å². The molecular formula is C16H15N5O2. The summed E-state index contributed by atoms with van der Waals surface area (Å²) in [5, 5.41) is 10.9. The number of para-hydroxylation sites is 1. The standard InChI is InChI=1S/C16H15N5O2/c22-16(17-10-14-19-15(20-23-14)11-6-7-11)12-4-1-2-5-13(12)21-9-3-8-18-21/h1-5,8-9,11H,6-7,10H2,(H,17,22). The minimum absolute atomic E-state index is 0.206. The van der Waals surface area contributed by atoms with Crippen LogP contribution in [-0.2, 0) is 6.54 Å². The predicted octanol–water partition coefficient (Wildman–Crippen LogP) is 2.06. The monoisotopic (exact) mass is 309 g/mol. The summed E-state index contributed by atoms with van der Waals surface area (Å²) in [6.45, 7) is 0.214. The lowest BCUT2D eigenvalue weighted by atomic mass is 10.1.